The number of nitrogens with one attached hydrogen (secondary N) is 1. The summed E-state index contributed by atoms with van der Waals surface area (Å²) < 4.78 is 5.23. The maximum absolute atomic E-state index is 5.23. The van der Waals surface area contributed by atoms with Gasteiger partial charge in [-0.15, -0.1) is 0 Å². The SMILES string of the molecule is COc1ccc(C)cc1CNCS. The van der Waals surface area contributed by atoms with Crippen LogP contribution >= 0.6 is 12.6 Å². The minimum atomic E-state index is 0.678. The first-order chi connectivity index (χ1) is 6.27. The van der Waals surface area contributed by atoms with Crippen molar-refractivity contribution in [2.24, 2.45) is 0 Å². The summed E-state index contributed by atoms with van der Waals surface area (Å²) >= 11 is 4.09. The molecule has 2 nitrogen and oxygen atoms in total. The number of benzene rings is 1. The van der Waals surface area contributed by atoms with Crippen molar-refractivity contribution in [3.63, 3.8) is 0 Å². The maximum atomic E-state index is 5.23. The van der Waals surface area contributed by atoms with E-state index in [1.54, 1.807) is 7.11 Å². The summed E-state index contributed by atoms with van der Waals surface area (Å²) in [6, 6.07) is 6.16. The van der Waals surface area contributed by atoms with Gasteiger partial charge in [0, 0.05) is 18.0 Å². The highest BCUT2D eigenvalue weighted by Crippen LogP contribution is 2.19. The molecule has 0 saturated carbocycles. The van der Waals surface area contributed by atoms with Gasteiger partial charge < -0.3 is 10.1 Å². The van der Waals surface area contributed by atoms with Crippen molar-refractivity contribution in [2.75, 3.05) is 13.0 Å². The van der Waals surface area contributed by atoms with Crippen LogP contribution in [0.1, 0.15) is 11.1 Å². The van der Waals surface area contributed by atoms with Gasteiger partial charge in [0.1, 0.15) is 5.75 Å². The molecule has 1 aromatic carbocycles. The number of hydrogen-bond donors (Lipinski definition) is 2. The van der Waals surface area contributed by atoms with Crippen LogP contribution in [-0.4, -0.2) is 13.0 Å². The van der Waals surface area contributed by atoms with E-state index in [0.717, 1.165) is 12.3 Å². The molecule has 1 aromatic rings. The summed E-state index contributed by atoms with van der Waals surface area (Å²) in [5.41, 5.74) is 2.42. The number of aryl methyl sites for hydroxylation is 1. The lowest BCUT2D eigenvalue weighted by Gasteiger charge is -2.09. The third-order valence-electron chi connectivity index (χ3n) is 1.86. The largest absolute Gasteiger partial charge is 0.496 e. The second-order valence-corrected chi connectivity index (χ2v) is 3.22. The van der Waals surface area contributed by atoms with E-state index >= 15 is 0 Å². The number of ether oxygens (including phenoxy) is 1. The minimum Gasteiger partial charge on any atom is -0.496 e. The molecule has 0 fully saturated rings. The third kappa shape index (κ3) is 2.94. The van der Waals surface area contributed by atoms with E-state index in [4.69, 9.17) is 4.74 Å². The monoisotopic (exact) mass is 197 g/mol. The molecule has 0 radical (unpaired) electrons. The Morgan fingerprint density at radius 3 is 2.85 bits per heavy atom. The van der Waals surface area contributed by atoms with E-state index in [2.05, 4.69) is 30.9 Å². The average Bonchev–Trinajstić information content (AvgIpc) is 2.15. The second-order valence-electron chi connectivity index (χ2n) is 2.90. The van der Waals surface area contributed by atoms with Crippen molar-refractivity contribution < 1.29 is 4.74 Å². The van der Waals surface area contributed by atoms with Crippen LogP contribution in [0, 0.1) is 6.92 Å². The normalized spacial score (nSPS) is 10.1. The Morgan fingerprint density at radius 1 is 1.46 bits per heavy atom. The number of methoxy groups -OCH3 is 1. The van der Waals surface area contributed by atoms with Crippen LogP contribution in [0.4, 0.5) is 0 Å². The zero-order chi connectivity index (χ0) is 9.68. The standard InChI is InChI=1S/C10H15NOS/c1-8-3-4-10(12-2)9(5-8)6-11-7-13/h3-5,11,13H,6-7H2,1-2H3. The molecular weight excluding hydrogens is 182 g/mol. The fourth-order valence-electron chi connectivity index (χ4n) is 1.24. The van der Waals surface area contributed by atoms with E-state index in [1.807, 2.05) is 12.1 Å². The first-order valence-corrected chi connectivity index (χ1v) is 4.86. The molecule has 0 unspecified atom stereocenters. The van der Waals surface area contributed by atoms with Crippen molar-refractivity contribution in [2.45, 2.75) is 13.5 Å². The fourth-order valence-corrected chi connectivity index (χ4v) is 1.35. The Hall–Kier alpha value is -0.670. The van der Waals surface area contributed by atoms with Crippen molar-refractivity contribution >= 4 is 12.6 Å². The van der Waals surface area contributed by atoms with Crippen molar-refractivity contribution in [1.82, 2.24) is 5.32 Å². The molecule has 0 spiro atoms. The minimum absolute atomic E-state index is 0.678. The lowest BCUT2D eigenvalue weighted by molar-refractivity contribution is 0.408. The number of thiol groups is 1. The Bertz CT molecular complexity index is 276. The van der Waals surface area contributed by atoms with Crippen LogP contribution in [0.5, 0.6) is 5.75 Å². The van der Waals surface area contributed by atoms with Crippen LogP contribution in [0.2, 0.25) is 0 Å². The maximum Gasteiger partial charge on any atom is 0.123 e. The molecule has 0 aromatic heterocycles. The lowest BCUT2D eigenvalue weighted by Crippen LogP contribution is -2.11. The van der Waals surface area contributed by atoms with Crippen molar-refractivity contribution in [1.29, 1.82) is 0 Å². The predicted molar refractivity (Wildman–Crippen MR) is 58.4 cm³/mol. The second kappa shape index (κ2) is 5.14. The average molecular weight is 197 g/mol. The van der Waals surface area contributed by atoms with Crippen molar-refractivity contribution in [3.05, 3.63) is 29.3 Å². The van der Waals surface area contributed by atoms with Gasteiger partial charge in [0.05, 0.1) is 7.11 Å². The number of hydrogen-bond acceptors (Lipinski definition) is 3. The quantitative estimate of drug-likeness (QED) is 0.569. The Labute approximate surface area is 84.7 Å². The topological polar surface area (TPSA) is 21.3 Å². The molecule has 0 heterocycles. The molecule has 13 heavy (non-hydrogen) atoms. The van der Waals surface area contributed by atoms with Gasteiger partial charge in [-0.1, -0.05) is 17.7 Å². The molecule has 0 saturated heterocycles. The molecule has 0 atom stereocenters. The van der Waals surface area contributed by atoms with Gasteiger partial charge in [0.2, 0.25) is 0 Å². The van der Waals surface area contributed by atoms with Crippen molar-refractivity contribution in [3.8, 4) is 5.75 Å². The van der Waals surface area contributed by atoms with Gasteiger partial charge in [-0.3, -0.25) is 0 Å². The van der Waals surface area contributed by atoms with Gasteiger partial charge >= 0.3 is 0 Å². The van der Waals surface area contributed by atoms with Crippen LogP contribution in [0.15, 0.2) is 18.2 Å². The Balaban J connectivity index is 2.81. The van der Waals surface area contributed by atoms with E-state index in [9.17, 15) is 0 Å². The predicted octanol–water partition coefficient (Wildman–Crippen LogP) is 1.98. The third-order valence-corrected chi connectivity index (χ3v) is 2.09. The van der Waals surface area contributed by atoms with Gasteiger partial charge in [-0.05, 0) is 13.0 Å². The number of rotatable bonds is 4. The summed E-state index contributed by atoms with van der Waals surface area (Å²) in [6.07, 6.45) is 0. The fraction of sp³-hybridized carbons (Fsp3) is 0.400. The van der Waals surface area contributed by atoms with Crippen LogP contribution in [-0.2, 0) is 6.54 Å². The van der Waals surface area contributed by atoms with E-state index in [-0.39, 0.29) is 0 Å². The molecule has 0 aliphatic carbocycles. The zero-order valence-corrected chi connectivity index (χ0v) is 8.90. The Morgan fingerprint density at radius 2 is 2.23 bits per heavy atom. The molecule has 1 rings (SSSR count). The first-order valence-electron chi connectivity index (χ1n) is 4.23. The summed E-state index contributed by atoms with van der Waals surface area (Å²) in [5, 5.41) is 3.15. The molecule has 0 amide bonds. The summed E-state index contributed by atoms with van der Waals surface area (Å²) in [5.74, 6) is 1.61. The molecule has 0 aliphatic heterocycles. The Kier molecular flexibility index (Phi) is 4.12. The highest BCUT2D eigenvalue weighted by molar-refractivity contribution is 7.80. The molecule has 0 bridgehead atoms. The van der Waals surface area contributed by atoms with E-state index in [0.29, 0.717) is 5.88 Å². The summed E-state index contributed by atoms with van der Waals surface area (Å²) in [4.78, 5) is 0. The smallest absolute Gasteiger partial charge is 0.123 e. The molecule has 72 valence electrons. The molecule has 0 aliphatic rings. The van der Waals surface area contributed by atoms with Gasteiger partial charge in [0.25, 0.3) is 0 Å². The van der Waals surface area contributed by atoms with Gasteiger partial charge in [0.15, 0.2) is 0 Å². The van der Waals surface area contributed by atoms with Crippen LogP contribution in [0.3, 0.4) is 0 Å². The summed E-state index contributed by atoms with van der Waals surface area (Å²) in [7, 11) is 1.69. The highest BCUT2D eigenvalue weighted by Gasteiger charge is 2.01. The zero-order valence-electron chi connectivity index (χ0n) is 8.00. The van der Waals surface area contributed by atoms with Crippen LogP contribution in [0.25, 0.3) is 0 Å². The molecular formula is C10H15NOS. The lowest BCUT2D eigenvalue weighted by atomic mass is 10.1. The van der Waals surface area contributed by atoms with E-state index < -0.39 is 0 Å². The molecule has 1 N–H and O–H groups in total. The van der Waals surface area contributed by atoms with Gasteiger partial charge in [-0.25, -0.2) is 0 Å². The summed E-state index contributed by atoms with van der Waals surface area (Å²) in [6.45, 7) is 2.87. The molecule has 3 heteroatoms. The highest BCUT2D eigenvalue weighted by atomic mass is 32.1. The first kappa shape index (κ1) is 10.4. The van der Waals surface area contributed by atoms with E-state index in [1.165, 1.54) is 11.1 Å². The van der Waals surface area contributed by atoms with Gasteiger partial charge in [-0.2, -0.15) is 12.6 Å². The van der Waals surface area contributed by atoms with Crippen LogP contribution < -0.4 is 10.1 Å².